The third-order valence-electron chi connectivity index (χ3n) is 14.4. The van der Waals surface area contributed by atoms with Gasteiger partial charge in [-0.05, 0) is 99.5 Å². The van der Waals surface area contributed by atoms with Crippen LogP contribution in [0.3, 0.4) is 0 Å². The minimum Gasteiger partial charge on any atom is -0.442 e. The molecule has 14 nitrogen and oxygen atoms in total. The maximum Gasteiger partial charge on any atom is 0.343 e. The summed E-state index contributed by atoms with van der Waals surface area (Å²) in [5.41, 5.74) is -7.06. The van der Waals surface area contributed by atoms with E-state index in [-0.39, 0.29) is 42.1 Å². The van der Waals surface area contributed by atoms with Crippen molar-refractivity contribution in [1.29, 1.82) is 0 Å². The minimum atomic E-state index is -2.13. The number of ketones is 2. The van der Waals surface area contributed by atoms with Crippen molar-refractivity contribution in [3.8, 4) is 0 Å². The fourth-order valence-corrected chi connectivity index (χ4v) is 9.99. The van der Waals surface area contributed by atoms with Crippen LogP contribution in [0.15, 0.2) is 58.5 Å². The first kappa shape index (κ1) is 46.0. The van der Waals surface area contributed by atoms with Gasteiger partial charge in [-0.1, -0.05) is 32.8 Å². The van der Waals surface area contributed by atoms with E-state index in [9.17, 15) is 39.9 Å². The summed E-state index contributed by atoms with van der Waals surface area (Å²) in [6, 6.07) is -2.15. The summed E-state index contributed by atoms with van der Waals surface area (Å²) in [5.74, 6) is -1.82. The summed E-state index contributed by atoms with van der Waals surface area (Å²) in [5, 5.41) is 58.4. The van der Waals surface area contributed by atoms with Crippen molar-refractivity contribution in [3.05, 3.63) is 58.5 Å². The standard InChI is InChI=1S/C44H66N2O12/c1-13-15-16-18-30(49)31-29-20-26-19-27(17-14-2)46(21-28(26)32(50)41(29,9)56-33(31)51)35-37(5,58-40(8,23-48)44(12,54)43(35,11)53)24-55-25-38(6)39(7,22-47)57-36(3,4)34(45)42(38,10)52/h14,17,19-21,34-35,47-48,52-54H,13,15-16,18,22-25,45H2,1-12H3/t34?,35?,37-,38+,39?,40?,41?,42-,43-,44+/m0/s1. The second kappa shape index (κ2) is 14.8. The first-order valence-corrected chi connectivity index (χ1v) is 20.3. The summed E-state index contributed by atoms with van der Waals surface area (Å²) < 4.78 is 25.3. The van der Waals surface area contributed by atoms with Gasteiger partial charge < -0.3 is 55.1 Å². The van der Waals surface area contributed by atoms with E-state index in [1.54, 1.807) is 77.7 Å². The summed E-state index contributed by atoms with van der Waals surface area (Å²) in [7, 11) is 0. The molecule has 324 valence electrons. The van der Waals surface area contributed by atoms with Crippen LogP contribution in [0.2, 0.25) is 0 Å². The lowest BCUT2D eigenvalue weighted by atomic mass is 9.57. The molecule has 0 amide bonds. The Bertz CT molecular complexity index is 1870. The van der Waals surface area contributed by atoms with Crippen LogP contribution in [-0.2, 0) is 33.3 Å². The molecule has 0 aromatic rings. The number of esters is 1. The van der Waals surface area contributed by atoms with Crippen molar-refractivity contribution < 1.29 is 58.9 Å². The minimum absolute atomic E-state index is 0.124. The molecule has 5 unspecified atom stereocenters. The van der Waals surface area contributed by atoms with Gasteiger partial charge in [0, 0.05) is 29.5 Å². The fourth-order valence-electron chi connectivity index (χ4n) is 9.99. The van der Waals surface area contributed by atoms with Crippen LogP contribution in [-0.4, -0.2) is 131 Å². The number of nitrogens with zero attached hydrogens (tertiary/aromatic N) is 1. The molecule has 0 radical (unpaired) electrons. The summed E-state index contributed by atoms with van der Waals surface area (Å²) >= 11 is 0. The first-order valence-electron chi connectivity index (χ1n) is 20.3. The topological polar surface area (TPSA) is 219 Å². The molecule has 0 aromatic carbocycles. The number of fused-ring (bicyclic) bond motifs is 2. The molecule has 2 fully saturated rings. The van der Waals surface area contributed by atoms with Crippen molar-refractivity contribution in [2.75, 3.05) is 26.4 Å². The van der Waals surface area contributed by atoms with Gasteiger partial charge in [-0.25, -0.2) is 4.79 Å². The average Bonchev–Trinajstić information content (AvgIpc) is 3.39. The second-order valence-corrected chi connectivity index (χ2v) is 19.0. The van der Waals surface area contributed by atoms with Crippen LogP contribution >= 0.6 is 0 Å². The van der Waals surface area contributed by atoms with Gasteiger partial charge in [-0.3, -0.25) is 9.59 Å². The lowest BCUT2D eigenvalue weighted by Crippen LogP contribution is -2.83. The van der Waals surface area contributed by atoms with Crippen LogP contribution in [0.5, 0.6) is 0 Å². The first-order chi connectivity index (χ1) is 26.6. The lowest BCUT2D eigenvalue weighted by molar-refractivity contribution is -0.366. The molecule has 2 saturated heterocycles. The number of hydrogen-bond donors (Lipinski definition) is 6. The molecule has 14 heteroatoms. The largest absolute Gasteiger partial charge is 0.442 e. The Morgan fingerprint density at radius 2 is 1.52 bits per heavy atom. The molecule has 0 saturated carbocycles. The Labute approximate surface area is 342 Å². The third-order valence-corrected chi connectivity index (χ3v) is 14.4. The maximum atomic E-state index is 14.6. The van der Waals surface area contributed by atoms with Gasteiger partial charge in [0.25, 0.3) is 0 Å². The van der Waals surface area contributed by atoms with Crippen LogP contribution in [0.1, 0.15) is 109 Å². The SMILES string of the molecule is CC=CC1=CC2=CC3=C(C(=O)CCCCC)C(=O)OC3(C)C(=O)C2=CN1C1[C@](C)(O)[C@](C)(O)C(C)(CO)O[C@@]1(C)COC[C@]1(C)C(C)(CO)OC(C)(C)C(N)[C@]1(C)O. The number of hydrogen-bond acceptors (Lipinski definition) is 14. The van der Waals surface area contributed by atoms with Crippen LogP contribution in [0.25, 0.3) is 0 Å². The number of aliphatic hydroxyl groups is 5. The predicted molar refractivity (Wildman–Crippen MR) is 215 cm³/mol. The highest BCUT2D eigenvalue weighted by atomic mass is 16.6. The fraction of sp³-hybridized carbons (Fsp3) is 0.705. The molecule has 1 aliphatic carbocycles. The highest BCUT2D eigenvalue weighted by Crippen LogP contribution is 2.55. The van der Waals surface area contributed by atoms with Crippen LogP contribution in [0.4, 0.5) is 0 Å². The zero-order valence-corrected chi connectivity index (χ0v) is 36.3. The van der Waals surface area contributed by atoms with E-state index in [0.29, 0.717) is 17.7 Å². The molecule has 58 heavy (non-hydrogen) atoms. The van der Waals surface area contributed by atoms with E-state index in [1.165, 1.54) is 33.9 Å². The molecule has 4 heterocycles. The molecule has 0 spiro atoms. The van der Waals surface area contributed by atoms with E-state index < -0.39 is 87.3 Å². The quantitative estimate of drug-likeness (QED) is 0.0896. The maximum absolute atomic E-state index is 14.6. The van der Waals surface area contributed by atoms with E-state index in [2.05, 4.69) is 0 Å². The van der Waals surface area contributed by atoms with Gasteiger partial charge in [0.05, 0.1) is 60.7 Å². The smallest absolute Gasteiger partial charge is 0.343 e. The molecule has 7 N–H and O–H groups in total. The van der Waals surface area contributed by atoms with E-state index >= 15 is 0 Å². The molecule has 10 atom stereocenters. The van der Waals surface area contributed by atoms with Gasteiger partial charge in [0.2, 0.25) is 5.78 Å². The lowest BCUT2D eigenvalue weighted by Gasteiger charge is -2.65. The van der Waals surface area contributed by atoms with Gasteiger partial charge in [0.1, 0.15) is 28.0 Å². The monoisotopic (exact) mass is 814 g/mol. The van der Waals surface area contributed by atoms with Crippen molar-refractivity contribution in [2.24, 2.45) is 11.1 Å². The number of ether oxygens (including phenoxy) is 4. The predicted octanol–water partition coefficient (Wildman–Crippen LogP) is 2.99. The number of carbonyl (C=O) groups excluding carboxylic acids is 3. The van der Waals surface area contributed by atoms with Crippen molar-refractivity contribution >= 4 is 17.5 Å². The van der Waals surface area contributed by atoms with Crippen molar-refractivity contribution in [2.45, 2.75) is 166 Å². The molecule has 5 aliphatic rings. The van der Waals surface area contributed by atoms with E-state index in [4.69, 9.17) is 24.7 Å². The molecule has 5 rings (SSSR count). The van der Waals surface area contributed by atoms with E-state index in [0.717, 1.165) is 12.8 Å². The Hall–Kier alpha value is -3.05. The van der Waals surface area contributed by atoms with E-state index in [1.807, 2.05) is 6.92 Å². The molecule has 4 aliphatic heterocycles. The number of carbonyl (C=O) groups is 3. The van der Waals surface area contributed by atoms with Crippen molar-refractivity contribution in [1.82, 2.24) is 4.90 Å². The van der Waals surface area contributed by atoms with Gasteiger partial charge >= 0.3 is 5.97 Å². The number of aliphatic hydroxyl groups excluding tert-OH is 2. The number of allylic oxidation sites excluding steroid dienone is 4. The molecule has 0 aromatic heterocycles. The van der Waals surface area contributed by atoms with Gasteiger partial charge in [-0.2, -0.15) is 0 Å². The van der Waals surface area contributed by atoms with Crippen molar-refractivity contribution in [3.63, 3.8) is 0 Å². The number of Topliss-reactive ketones (excluding diaryl/α,β-unsaturated/α-hetero) is 2. The highest BCUT2D eigenvalue weighted by molar-refractivity contribution is 6.25. The third kappa shape index (κ3) is 6.53. The Kier molecular flexibility index (Phi) is 11.8. The Morgan fingerprint density at radius 3 is 2.09 bits per heavy atom. The Balaban J connectivity index is 1.63. The number of unbranched alkanes of at least 4 members (excludes halogenated alkanes) is 2. The van der Waals surface area contributed by atoms with Crippen LogP contribution in [0, 0.1) is 5.41 Å². The van der Waals surface area contributed by atoms with Crippen LogP contribution < -0.4 is 5.73 Å². The molecular formula is C44H66N2O12. The number of nitrogens with two attached hydrogens (primary N) is 1. The normalized spacial score (nSPS) is 42.5. The molecule has 0 bridgehead atoms. The summed E-state index contributed by atoms with van der Waals surface area (Å²) in [6.07, 6.45) is 10.8. The summed E-state index contributed by atoms with van der Waals surface area (Å²) in [4.78, 5) is 42.8. The van der Waals surface area contributed by atoms with Gasteiger partial charge in [-0.15, -0.1) is 0 Å². The zero-order valence-electron chi connectivity index (χ0n) is 36.3. The highest BCUT2D eigenvalue weighted by Gasteiger charge is 2.71. The Morgan fingerprint density at radius 1 is 0.897 bits per heavy atom. The summed E-state index contributed by atoms with van der Waals surface area (Å²) in [6.45, 7) is 18.0. The second-order valence-electron chi connectivity index (χ2n) is 19.0. The van der Waals surface area contributed by atoms with Gasteiger partial charge in [0.15, 0.2) is 11.4 Å². The zero-order chi connectivity index (χ0) is 43.9. The number of rotatable bonds is 13. The average molecular weight is 815 g/mol. The molecular weight excluding hydrogens is 748 g/mol.